The number of phenolic OH excluding ortho intramolecular Hbond substituents is 1. The molecule has 0 radical (unpaired) electrons. The summed E-state index contributed by atoms with van der Waals surface area (Å²) in [6.07, 6.45) is 0. The van der Waals surface area contributed by atoms with Crippen molar-refractivity contribution in [1.29, 1.82) is 0 Å². The minimum atomic E-state index is -0.736. The molecule has 0 aliphatic heterocycles. The van der Waals surface area contributed by atoms with E-state index < -0.39 is 11.2 Å². The molecule has 1 rings (SSSR count). The Labute approximate surface area is 92.7 Å². The van der Waals surface area contributed by atoms with E-state index in [9.17, 15) is 14.3 Å². The molecule has 0 aromatic heterocycles. The summed E-state index contributed by atoms with van der Waals surface area (Å²) in [6, 6.07) is 2.00. The predicted molar refractivity (Wildman–Crippen MR) is 56.9 cm³/mol. The Kier molecular flexibility index (Phi) is 3.05. The standard InChI is InChI=1S/C11H12ClFO2/c1-11(2,3)10(15)6-4-7(12)8(13)5-9(6)14/h4-5,14H,1-3H3. The summed E-state index contributed by atoms with van der Waals surface area (Å²) in [5.41, 5.74) is -0.590. The molecule has 0 spiro atoms. The largest absolute Gasteiger partial charge is 0.507 e. The van der Waals surface area contributed by atoms with Crippen molar-refractivity contribution in [3.63, 3.8) is 0 Å². The molecule has 2 nitrogen and oxygen atoms in total. The number of phenols is 1. The van der Waals surface area contributed by atoms with Crippen molar-refractivity contribution in [2.75, 3.05) is 0 Å². The van der Waals surface area contributed by atoms with Gasteiger partial charge in [0.2, 0.25) is 0 Å². The normalized spacial score (nSPS) is 11.5. The zero-order valence-electron chi connectivity index (χ0n) is 8.77. The monoisotopic (exact) mass is 230 g/mol. The summed E-state index contributed by atoms with van der Waals surface area (Å²) < 4.78 is 12.9. The van der Waals surface area contributed by atoms with Gasteiger partial charge in [0.15, 0.2) is 5.78 Å². The second-order valence-electron chi connectivity index (χ2n) is 4.36. The van der Waals surface area contributed by atoms with Gasteiger partial charge in [0.25, 0.3) is 0 Å². The summed E-state index contributed by atoms with van der Waals surface area (Å²) in [4.78, 5) is 11.8. The summed E-state index contributed by atoms with van der Waals surface area (Å²) in [5.74, 6) is -1.39. The van der Waals surface area contributed by atoms with Crippen molar-refractivity contribution in [3.05, 3.63) is 28.5 Å². The van der Waals surface area contributed by atoms with Crippen molar-refractivity contribution in [2.24, 2.45) is 5.41 Å². The first-order valence-corrected chi connectivity index (χ1v) is 4.84. The average Bonchev–Trinajstić information content (AvgIpc) is 2.08. The molecule has 1 aromatic carbocycles. The highest BCUT2D eigenvalue weighted by atomic mass is 35.5. The van der Waals surface area contributed by atoms with Gasteiger partial charge < -0.3 is 5.11 Å². The van der Waals surface area contributed by atoms with Gasteiger partial charge in [-0.3, -0.25) is 4.79 Å². The molecule has 0 unspecified atom stereocenters. The van der Waals surface area contributed by atoms with Crippen molar-refractivity contribution >= 4 is 17.4 Å². The van der Waals surface area contributed by atoms with Gasteiger partial charge in [-0.2, -0.15) is 0 Å². The number of hydrogen-bond acceptors (Lipinski definition) is 2. The Hall–Kier alpha value is -1.09. The second-order valence-corrected chi connectivity index (χ2v) is 4.77. The minimum Gasteiger partial charge on any atom is -0.507 e. The zero-order valence-corrected chi connectivity index (χ0v) is 9.52. The van der Waals surface area contributed by atoms with Gasteiger partial charge in [0.1, 0.15) is 11.6 Å². The summed E-state index contributed by atoms with van der Waals surface area (Å²) >= 11 is 5.54. The molecule has 0 saturated carbocycles. The highest BCUT2D eigenvalue weighted by Gasteiger charge is 2.26. The first-order chi connectivity index (χ1) is 6.73. The van der Waals surface area contributed by atoms with Crippen molar-refractivity contribution < 1.29 is 14.3 Å². The highest BCUT2D eigenvalue weighted by molar-refractivity contribution is 6.31. The van der Waals surface area contributed by atoms with Crippen LogP contribution in [0.2, 0.25) is 5.02 Å². The van der Waals surface area contributed by atoms with Crippen LogP contribution in [0, 0.1) is 11.2 Å². The molecule has 0 saturated heterocycles. The first kappa shape index (κ1) is 12.0. The molecule has 0 atom stereocenters. The fraction of sp³-hybridized carbons (Fsp3) is 0.364. The van der Waals surface area contributed by atoms with Crippen LogP contribution in [0.4, 0.5) is 4.39 Å². The van der Waals surface area contributed by atoms with Crippen LogP contribution in [0.1, 0.15) is 31.1 Å². The highest BCUT2D eigenvalue weighted by Crippen LogP contribution is 2.30. The number of aromatic hydroxyl groups is 1. The van der Waals surface area contributed by atoms with E-state index in [-0.39, 0.29) is 22.1 Å². The smallest absolute Gasteiger partial charge is 0.171 e. The van der Waals surface area contributed by atoms with Crippen LogP contribution in [0.5, 0.6) is 5.75 Å². The van der Waals surface area contributed by atoms with Crippen LogP contribution in [0.3, 0.4) is 0 Å². The van der Waals surface area contributed by atoms with Crippen LogP contribution < -0.4 is 0 Å². The predicted octanol–water partition coefficient (Wildman–Crippen LogP) is 3.41. The van der Waals surface area contributed by atoms with Crippen LogP contribution in [-0.4, -0.2) is 10.9 Å². The maximum atomic E-state index is 12.9. The maximum Gasteiger partial charge on any atom is 0.171 e. The third kappa shape index (κ3) is 2.48. The SMILES string of the molecule is CC(C)(C)C(=O)c1cc(Cl)c(F)cc1O. The molecular formula is C11H12ClFO2. The summed E-state index contributed by atoms with van der Waals surface area (Å²) in [7, 11) is 0. The number of hydrogen-bond donors (Lipinski definition) is 1. The van der Waals surface area contributed by atoms with Gasteiger partial charge in [-0.25, -0.2) is 4.39 Å². The minimum absolute atomic E-state index is 0.0499. The van der Waals surface area contributed by atoms with E-state index in [1.165, 1.54) is 0 Å². The van der Waals surface area contributed by atoms with Crippen LogP contribution in [0.15, 0.2) is 12.1 Å². The number of benzene rings is 1. The van der Waals surface area contributed by atoms with E-state index in [1.807, 2.05) is 0 Å². The fourth-order valence-corrected chi connectivity index (χ4v) is 1.29. The fourth-order valence-electron chi connectivity index (χ4n) is 1.12. The zero-order chi connectivity index (χ0) is 11.8. The molecule has 0 fully saturated rings. The maximum absolute atomic E-state index is 12.9. The van der Waals surface area contributed by atoms with Gasteiger partial charge >= 0.3 is 0 Å². The van der Waals surface area contributed by atoms with Gasteiger partial charge in [-0.1, -0.05) is 32.4 Å². The van der Waals surface area contributed by atoms with E-state index in [1.54, 1.807) is 20.8 Å². The number of carbonyl (C=O) groups is 1. The van der Waals surface area contributed by atoms with Crippen molar-refractivity contribution in [2.45, 2.75) is 20.8 Å². The van der Waals surface area contributed by atoms with E-state index in [2.05, 4.69) is 0 Å². The van der Waals surface area contributed by atoms with E-state index in [0.29, 0.717) is 0 Å². The lowest BCUT2D eigenvalue weighted by Crippen LogP contribution is -2.20. The lowest BCUT2D eigenvalue weighted by Gasteiger charge is -2.17. The van der Waals surface area contributed by atoms with Gasteiger partial charge in [0, 0.05) is 11.5 Å². The average molecular weight is 231 g/mol. The van der Waals surface area contributed by atoms with Crippen LogP contribution >= 0.6 is 11.6 Å². The number of rotatable bonds is 1. The number of halogens is 2. The summed E-state index contributed by atoms with van der Waals surface area (Å²) in [6.45, 7) is 5.14. The molecule has 4 heteroatoms. The number of carbonyl (C=O) groups excluding carboxylic acids is 1. The van der Waals surface area contributed by atoms with E-state index in [4.69, 9.17) is 11.6 Å². The van der Waals surface area contributed by atoms with E-state index >= 15 is 0 Å². The van der Waals surface area contributed by atoms with Crippen molar-refractivity contribution in [1.82, 2.24) is 0 Å². The molecule has 0 aliphatic carbocycles. The first-order valence-electron chi connectivity index (χ1n) is 4.46. The Bertz CT molecular complexity index is 408. The second kappa shape index (κ2) is 3.81. The lowest BCUT2D eigenvalue weighted by atomic mass is 9.86. The number of ketones is 1. The Morgan fingerprint density at radius 1 is 1.40 bits per heavy atom. The van der Waals surface area contributed by atoms with E-state index in [0.717, 1.165) is 12.1 Å². The molecule has 0 aliphatic rings. The molecular weight excluding hydrogens is 219 g/mol. The quantitative estimate of drug-likeness (QED) is 0.751. The Morgan fingerprint density at radius 3 is 2.40 bits per heavy atom. The third-order valence-electron chi connectivity index (χ3n) is 1.96. The van der Waals surface area contributed by atoms with Crippen molar-refractivity contribution in [3.8, 4) is 5.75 Å². The Morgan fingerprint density at radius 2 is 1.93 bits per heavy atom. The molecule has 0 heterocycles. The lowest BCUT2D eigenvalue weighted by molar-refractivity contribution is 0.0855. The van der Waals surface area contributed by atoms with Gasteiger partial charge in [0.05, 0.1) is 10.6 Å². The molecule has 0 bridgehead atoms. The molecule has 0 amide bonds. The summed E-state index contributed by atoms with van der Waals surface area (Å²) in [5, 5.41) is 9.26. The molecule has 1 aromatic rings. The van der Waals surface area contributed by atoms with Gasteiger partial charge in [-0.05, 0) is 6.07 Å². The van der Waals surface area contributed by atoms with Gasteiger partial charge in [-0.15, -0.1) is 0 Å². The Balaban J connectivity index is 3.28. The number of Topliss-reactive ketones (excluding diaryl/α,β-unsaturated/α-hetero) is 1. The third-order valence-corrected chi connectivity index (χ3v) is 2.25. The molecule has 15 heavy (non-hydrogen) atoms. The van der Waals surface area contributed by atoms with Crippen LogP contribution in [0.25, 0.3) is 0 Å². The molecule has 82 valence electrons. The van der Waals surface area contributed by atoms with Crippen LogP contribution in [-0.2, 0) is 0 Å². The topological polar surface area (TPSA) is 37.3 Å². The molecule has 1 N–H and O–H groups in total.